The predicted molar refractivity (Wildman–Crippen MR) is 64.5 cm³/mol. The van der Waals surface area contributed by atoms with Crippen molar-refractivity contribution >= 4 is 11.6 Å². The summed E-state index contributed by atoms with van der Waals surface area (Å²) in [5.41, 5.74) is 0.0527. The molecule has 0 radical (unpaired) electrons. The molecule has 0 unspecified atom stereocenters. The van der Waals surface area contributed by atoms with E-state index >= 15 is 0 Å². The van der Waals surface area contributed by atoms with Gasteiger partial charge in [-0.15, -0.1) is 0 Å². The molecule has 0 aliphatic rings. The minimum atomic E-state index is -0.556. The highest BCUT2D eigenvalue weighted by Crippen LogP contribution is 2.11. The fraction of sp³-hybridized carbons (Fsp3) is 0.500. The Morgan fingerprint density at radius 1 is 1.50 bits per heavy atom. The summed E-state index contributed by atoms with van der Waals surface area (Å²) in [6.45, 7) is 2.37. The van der Waals surface area contributed by atoms with Gasteiger partial charge in [-0.25, -0.2) is 0 Å². The fourth-order valence-corrected chi connectivity index (χ4v) is 1.28. The summed E-state index contributed by atoms with van der Waals surface area (Å²) in [6.07, 6.45) is 1.19. The summed E-state index contributed by atoms with van der Waals surface area (Å²) < 4.78 is 4.85. The Morgan fingerprint density at radius 3 is 2.89 bits per heavy atom. The van der Waals surface area contributed by atoms with E-state index in [-0.39, 0.29) is 17.3 Å². The predicted octanol–water partition coefficient (Wildman–Crippen LogP) is -0.111. The van der Waals surface area contributed by atoms with Crippen molar-refractivity contribution in [3.8, 4) is 0 Å². The van der Waals surface area contributed by atoms with E-state index in [1.54, 1.807) is 7.11 Å². The maximum absolute atomic E-state index is 11.6. The number of amides is 1. The standard InChI is InChI=1S/C10H16N4O4/c1-18-5-4-11-2-3-12-10(15)9-6-8(7-13-9)14(16)17/h6-7,11,13H,2-5H2,1H3,(H,12,15). The van der Waals surface area contributed by atoms with Crippen molar-refractivity contribution in [1.29, 1.82) is 0 Å². The number of hydrogen-bond donors (Lipinski definition) is 3. The van der Waals surface area contributed by atoms with E-state index in [2.05, 4.69) is 15.6 Å². The molecule has 0 atom stereocenters. The monoisotopic (exact) mass is 256 g/mol. The Kier molecular flexibility index (Phi) is 5.81. The van der Waals surface area contributed by atoms with E-state index in [1.165, 1.54) is 12.3 Å². The molecule has 1 aromatic heterocycles. The normalized spacial score (nSPS) is 10.3. The Balaban J connectivity index is 2.25. The van der Waals surface area contributed by atoms with Crippen LogP contribution in [0.25, 0.3) is 0 Å². The van der Waals surface area contributed by atoms with Gasteiger partial charge in [-0.1, -0.05) is 0 Å². The van der Waals surface area contributed by atoms with Crippen molar-refractivity contribution < 1.29 is 14.5 Å². The van der Waals surface area contributed by atoms with Crippen LogP contribution in [0, 0.1) is 10.1 Å². The molecule has 0 aromatic carbocycles. The van der Waals surface area contributed by atoms with Crippen LogP contribution >= 0.6 is 0 Å². The zero-order valence-electron chi connectivity index (χ0n) is 10.1. The number of methoxy groups -OCH3 is 1. The molecule has 1 rings (SSSR count). The van der Waals surface area contributed by atoms with Crippen LogP contribution in [0.4, 0.5) is 5.69 Å². The first-order valence-electron chi connectivity index (χ1n) is 5.46. The summed E-state index contributed by atoms with van der Waals surface area (Å²) >= 11 is 0. The molecule has 100 valence electrons. The largest absolute Gasteiger partial charge is 0.383 e. The smallest absolute Gasteiger partial charge is 0.287 e. The first-order valence-corrected chi connectivity index (χ1v) is 5.46. The number of nitro groups is 1. The van der Waals surface area contributed by atoms with Crippen molar-refractivity contribution in [3.63, 3.8) is 0 Å². The van der Waals surface area contributed by atoms with Gasteiger partial charge >= 0.3 is 0 Å². The molecule has 0 aliphatic carbocycles. The molecule has 8 heteroatoms. The third-order valence-corrected chi connectivity index (χ3v) is 2.19. The maximum Gasteiger partial charge on any atom is 0.287 e. The van der Waals surface area contributed by atoms with Gasteiger partial charge in [-0.2, -0.15) is 0 Å². The summed E-state index contributed by atoms with van der Waals surface area (Å²) in [4.78, 5) is 24.0. The van der Waals surface area contributed by atoms with Crippen molar-refractivity contribution in [1.82, 2.24) is 15.6 Å². The van der Waals surface area contributed by atoms with Gasteiger partial charge in [0.15, 0.2) is 0 Å². The lowest BCUT2D eigenvalue weighted by molar-refractivity contribution is -0.384. The van der Waals surface area contributed by atoms with Crippen molar-refractivity contribution in [2.45, 2.75) is 0 Å². The lowest BCUT2D eigenvalue weighted by atomic mass is 10.4. The Morgan fingerprint density at radius 2 is 2.28 bits per heavy atom. The molecule has 0 saturated carbocycles. The quantitative estimate of drug-likeness (QED) is 0.341. The van der Waals surface area contributed by atoms with Crippen molar-refractivity contribution in [3.05, 3.63) is 28.1 Å². The van der Waals surface area contributed by atoms with E-state index in [9.17, 15) is 14.9 Å². The second-order valence-electron chi connectivity index (χ2n) is 3.53. The zero-order chi connectivity index (χ0) is 13.4. The number of aromatic amines is 1. The van der Waals surface area contributed by atoms with Gasteiger partial charge in [0, 0.05) is 32.8 Å². The van der Waals surface area contributed by atoms with E-state index in [4.69, 9.17) is 4.74 Å². The number of rotatable bonds is 8. The third-order valence-electron chi connectivity index (χ3n) is 2.19. The lowest BCUT2D eigenvalue weighted by Crippen LogP contribution is -2.33. The third kappa shape index (κ3) is 4.52. The molecule has 0 bridgehead atoms. The maximum atomic E-state index is 11.6. The highest BCUT2D eigenvalue weighted by Gasteiger charge is 2.13. The van der Waals surface area contributed by atoms with Gasteiger partial charge in [0.25, 0.3) is 11.6 Å². The highest BCUT2D eigenvalue weighted by molar-refractivity contribution is 5.93. The number of nitrogens with one attached hydrogen (secondary N) is 3. The second-order valence-corrected chi connectivity index (χ2v) is 3.53. The molecule has 0 saturated heterocycles. The molecule has 0 fully saturated rings. The van der Waals surface area contributed by atoms with Crippen molar-refractivity contribution in [2.75, 3.05) is 33.4 Å². The molecule has 1 amide bonds. The van der Waals surface area contributed by atoms with E-state index in [0.29, 0.717) is 26.2 Å². The topological polar surface area (TPSA) is 109 Å². The van der Waals surface area contributed by atoms with Crippen molar-refractivity contribution in [2.24, 2.45) is 0 Å². The summed E-state index contributed by atoms with van der Waals surface area (Å²) in [5, 5.41) is 16.1. The van der Waals surface area contributed by atoms with Gasteiger partial charge in [0.2, 0.25) is 0 Å². The Labute approximate surface area is 104 Å². The van der Waals surface area contributed by atoms with Gasteiger partial charge in [-0.05, 0) is 0 Å². The van der Waals surface area contributed by atoms with E-state index in [1.807, 2.05) is 0 Å². The number of ether oxygens (including phenoxy) is 1. The lowest BCUT2D eigenvalue weighted by Gasteiger charge is -2.05. The fourth-order valence-electron chi connectivity index (χ4n) is 1.28. The molecule has 8 nitrogen and oxygen atoms in total. The molecule has 0 aliphatic heterocycles. The van der Waals surface area contributed by atoms with Crippen LogP contribution in [-0.2, 0) is 4.74 Å². The summed E-state index contributed by atoms with van der Waals surface area (Å²) in [5.74, 6) is -0.364. The first-order chi connectivity index (χ1) is 8.65. The average Bonchev–Trinajstić information content (AvgIpc) is 2.83. The highest BCUT2D eigenvalue weighted by atomic mass is 16.6. The van der Waals surface area contributed by atoms with Gasteiger partial charge in [0.05, 0.1) is 17.7 Å². The number of carbonyl (C=O) groups is 1. The Bertz CT molecular complexity index is 404. The second kappa shape index (κ2) is 7.41. The average molecular weight is 256 g/mol. The van der Waals surface area contributed by atoms with Crippen LogP contribution in [0.15, 0.2) is 12.3 Å². The SMILES string of the molecule is COCCNCCNC(=O)c1cc([N+](=O)[O-])c[nH]1. The first kappa shape index (κ1) is 14.1. The van der Waals surface area contributed by atoms with Gasteiger partial charge in [-0.3, -0.25) is 14.9 Å². The molecule has 1 heterocycles. The number of carbonyl (C=O) groups excluding carboxylic acids is 1. The van der Waals surface area contributed by atoms with E-state index < -0.39 is 4.92 Å². The van der Waals surface area contributed by atoms with Crippen LogP contribution in [0.1, 0.15) is 10.5 Å². The number of H-pyrrole nitrogens is 1. The molecular weight excluding hydrogens is 240 g/mol. The molecule has 3 N–H and O–H groups in total. The Hall–Kier alpha value is -1.93. The molecular formula is C10H16N4O4. The summed E-state index contributed by atoms with van der Waals surface area (Å²) in [6, 6.07) is 1.20. The number of hydrogen-bond acceptors (Lipinski definition) is 5. The molecule has 18 heavy (non-hydrogen) atoms. The van der Waals surface area contributed by atoms with Crippen LogP contribution in [0.2, 0.25) is 0 Å². The minimum Gasteiger partial charge on any atom is -0.383 e. The van der Waals surface area contributed by atoms with Crippen LogP contribution in [-0.4, -0.2) is 49.2 Å². The van der Waals surface area contributed by atoms with E-state index in [0.717, 1.165) is 0 Å². The zero-order valence-corrected chi connectivity index (χ0v) is 10.1. The molecule has 0 spiro atoms. The van der Waals surface area contributed by atoms with Crippen LogP contribution < -0.4 is 10.6 Å². The van der Waals surface area contributed by atoms with Gasteiger partial charge in [0.1, 0.15) is 5.69 Å². The minimum absolute atomic E-state index is 0.127. The molecule has 1 aromatic rings. The number of aromatic nitrogens is 1. The number of nitrogens with zero attached hydrogens (tertiary/aromatic N) is 1. The van der Waals surface area contributed by atoms with Crippen LogP contribution in [0.5, 0.6) is 0 Å². The summed E-state index contributed by atoms with van der Waals surface area (Å²) in [7, 11) is 1.61. The van der Waals surface area contributed by atoms with Gasteiger partial charge < -0.3 is 20.4 Å². The van der Waals surface area contributed by atoms with Crippen LogP contribution in [0.3, 0.4) is 0 Å².